The van der Waals surface area contributed by atoms with Crippen LogP contribution in [0.1, 0.15) is 72.1 Å². The Kier molecular flexibility index (Phi) is 12.5. The van der Waals surface area contributed by atoms with E-state index < -0.39 is 7.26 Å². The van der Waals surface area contributed by atoms with E-state index in [1.165, 1.54) is 47.7 Å². The van der Waals surface area contributed by atoms with Crippen molar-refractivity contribution < 1.29 is 23.8 Å². The van der Waals surface area contributed by atoms with Crippen LogP contribution in [-0.4, -0.2) is 45.6 Å². The van der Waals surface area contributed by atoms with Gasteiger partial charge in [-0.15, -0.1) is 0 Å². The average molecular weight is 665 g/mol. The summed E-state index contributed by atoms with van der Waals surface area (Å²) in [4.78, 5) is 25.1. The quantitative estimate of drug-likeness (QED) is 0.0869. The van der Waals surface area contributed by atoms with Gasteiger partial charge < -0.3 is 19.5 Å². The van der Waals surface area contributed by atoms with Gasteiger partial charge in [-0.25, -0.2) is 0 Å². The zero-order valence-corrected chi connectivity index (χ0v) is 29.3. The van der Waals surface area contributed by atoms with Gasteiger partial charge >= 0.3 is 0 Å². The smallest absolute Gasteiger partial charge is 0.209 e. The van der Waals surface area contributed by atoms with Crippen LogP contribution < -0.4 is 35.4 Å². The zero-order valence-electron chi connectivity index (χ0n) is 28.4. The van der Waals surface area contributed by atoms with E-state index in [-0.39, 0.29) is 11.6 Å². The van der Waals surface area contributed by atoms with Gasteiger partial charge in [-0.3, -0.25) is 9.59 Å². The van der Waals surface area contributed by atoms with Gasteiger partial charge in [0.1, 0.15) is 40.4 Å². The maximum Gasteiger partial charge on any atom is 0.209 e. The molecule has 4 aromatic carbocycles. The molecule has 0 fully saturated rings. The van der Waals surface area contributed by atoms with E-state index in [1.54, 1.807) is 45.6 Å². The number of unbranched alkanes of at least 4 members (excludes halogenated alkanes) is 7. The highest BCUT2D eigenvalue weighted by atomic mass is 31.2. The third-order valence-corrected chi connectivity index (χ3v) is 13.8. The van der Waals surface area contributed by atoms with Gasteiger partial charge in [0.05, 0.1) is 33.2 Å². The lowest BCUT2D eigenvalue weighted by Crippen LogP contribution is -2.33. The van der Waals surface area contributed by atoms with Crippen LogP contribution in [0.15, 0.2) is 109 Å². The number of fused-ring (bicyclic) bond motifs is 1. The first-order valence-corrected chi connectivity index (χ1v) is 18.9. The van der Waals surface area contributed by atoms with Crippen LogP contribution in [0, 0.1) is 0 Å². The van der Waals surface area contributed by atoms with Crippen molar-refractivity contribution >= 4 is 34.7 Å². The Morgan fingerprint density at radius 1 is 0.521 bits per heavy atom. The lowest BCUT2D eigenvalue weighted by atomic mass is 9.93. The molecule has 7 heteroatoms. The lowest BCUT2D eigenvalue weighted by Gasteiger charge is -2.28. The number of hydrogen-bond acceptors (Lipinski definition) is 6. The van der Waals surface area contributed by atoms with E-state index in [0.717, 1.165) is 49.1 Å². The van der Waals surface area contributed by atoms with Crippen LogP contribution in [-0.2, 0) is 0 Å². The molecule has 6 nitrogen and oxygen atoms in total. The molecular formula is C41H47NO5P+. The predicted octanol–water partition coefficient (Wildman–Crippen LogP) is 7.68. The number of rotatable bonds is 18. The summed E-state index contributed by atoms with van der Waals surface area (Å²) in [5.41, 5.74) is 1.39. The van der Waals surface area contributed by atoms with Crippen molar-refractivity contribution in [3.63, 3.8) is 0 Å². The molecule has 0 aromatic heterocycles. The van der Waals surface area contributed by atoms with Gasteiger partial charge in [0.2, 0.25) is 5.78 Å². The third kappa shape index (κ3) is 8.17. The molecule has 48 heavy (non-hydrogen) atoms. The van der Waals surface area contributed by atoms with E-state index in [4.69, 9.17) is 14.2 Å². The number of ether oxygens (including phenoxy) is 3. The predicted molar refractivity (Wildman–Crippen MR) is 198 cm³/mol. The lowest BCUT2D eigenvalue weighted by molar-refractivity contribution is 0.0978. The van der Waals surface area contributed by atoms with E-state index in [1.807, 2.05) is 0 Å². The second-order valence-corrected chi connectivity index (χ2v) is 15.8. The van der Waals surface area contributed by atoms with Gasteiger partial charge in [-0.05, 0) is 92.1 Å². The molecule has 0 unspecified atom stereocenters. The number of ketones is 2. The molecule has 0 spiro atoms. The Labute approximate surface area is 285 Å². The van der Waals surface area contributed by atoms with Crippen molar-refractivity contribution in [2.24, 2.45) is 0 Å². The van der Waals surface area contributed by atoms with E-state index in [9.17, 15) is 9.59 Å². The number of methoxy groups -OCH3 is 3. The topological polar surface area (TPSA) is 73.9 Å². The summed E-state index contributed by atoms with van der Waals surface area (Å²) >= 11 is 0. The SMILES string of the molecule is COc1ccc([P+](CCCCCCCCCCNC2=CC(=O)c3ccccc3C2=O)(c2ccc(OC)cc2)c2ccc(OC)cc2)cc1. The molecule has 1 aliphatic carbocycles. The second-order valence-electron chi connectivity index (χ2n) is 12.2. The summed E-state index contributed by atoms with van der Waals surface area (Å²) in [7, 11) is 3.15. The minimum Gasteiger partial charge on any atom is -0.497 e. The maximum atomic E-state index is 12.7. The molecule has 1 aliphatic rings. The number of benzene rings is 4. The van der Waals surface area contributed by atoms with Crippen LogP contribution in [0.3, 0.4) is 0 Å². The summed E-state index contributed by atoms with van der Waals surface area (Å²) in [5, 5.41) is 7.23. The highest BCUT2D eigenvalue weighted by Crippen LogP contribution is 2.56. The number of allylic oxidation sites excluding steroid dienone is 2. The molecule has 4 aromatic rings. The van der Waals surface area contributed by atoms with E-state index in [2.05, 4.69) is 78.1 Å². The summed E-state index contributed by atoms with van der Waals surface area (Å²) in [6.45, 7) is 0.695. The first-order chi connectivity index (χ1) is 23.5. The normalized spacial score (nSPS) is 12.7. The Morgan fingerprint density at radius 2 is 0.938 bits per heavy atom. The summed E-state index contributed by atoms with van der Waals surface area (Å²) in [6, 6.07) is 33.0. The van der Waals surface area contributed by atoms with Crippen molar-refractivity contribution in [2.45, 2.75) is 51.4 Å². The molecule has 0 radical (unpaired) electrons. The fourth-order valence-electron chi connectivity index (χ4n) is 6.55. The average Bonchev–Trinajstić information content (AvgIpc) is 3.14. The largest absolute Gasteiger partial charge is 0.497 e. The number of nitrogens with one attached hydrogen (secondary N) is 1. The number of carbonyl (C=O) groups excluding carboxylic acids is 2. The van der Waals surface area contributed by atoms with Crippen molar-refractivity contribution in [3.05, 3.63) is 120 Å². The standard InChI is InChI=1S/C41H46NO5P/c1-45-31-16-22-34(23-17-31)48(35-24-18-32(46-2)19-25-35,36-26-20-33(47-3)21-27-36)29-13-9-7-5-4-6-8-12-28-42-39-30-40(43)37-14-10-11-15-38(37)41(39)44/h10-11,14-27,30H,4-9,12-13,28-29H2,1-3H3/p+1. The first kappa shape index (κ1) is 34.9. The van der Waals surface area contributed by atoms with Gasteiger partial charge in [-0.2, -0.15) is 0 Å². The van der Waals surface area contributed by atoms with Crippen LogP contribution >= 0.6 is 7.26 Å². The molecular weight excluding hydrogens is 617 g/mol. The molecule has 250 valence electrons. The van der Waals surface area contributed by atoms with Crippen LogP contribution in [0.25, 0.3) is 0 Å². The van der Waals surface area contributed by atoms with Gasteiger partial charge in [0.15, 0.2) is 5.78 Å². The number of hydrogen-bond donors (Lipinski definition) is 1. The van der Waals surface area contributed by atoms with Gasteiger partial charge in [0.25, 0.3) is 0 Å². The monoisotopic (exact) mass is 664 g/mol. The van der Waals surface area contributed by atoms with Crippen molar-refractivity contribution in [2.75, 3.05) is 34.0 Å². The maximum absolute atomic E-state index is 12.7. The molecule has 0 amide bonds. The first-order valence-electron chi connectivity index (χ1n) is 17.0. The summed E-state index contributed by atoms with van der Waals surface area (Å²) in [5.74, 6) is 2.37. The van der Waals surface area contributed by atoms with Crippen LogP contribution in [0.2, 0.25) is 0 Å². The van der Waals surface area contributed by atoms with Crippen LogP contribution in [0.4, 0.5) is 0 Å². The minimum atomic E-state index is -1.98. The molecule has 0 heterocycles. The highest BCUT2D eigenvalue weighted by molar-refractivity contribution is 7.95. The molecule has 0 aliphatic heterocycles. The van der Waals surface area contributed by atoms with Crippen LogP contribution in [0.5, 0.6) is 17.2 Å². The Morgan fingerprint density at radius 3 is 1.40 bits per heavy atom. The van der Waals surface area contributed by atoms with Crippen molar-refractivity contribution in [1.29, 1.82) is 0 Å². The van der Waals surface area contributed by atoms with Gasteiger partial charge in [0, 0.05) is 23.7 Å². The van der Waals surface area contributed by atoms with Gasteiger partial charge in [-0.1, -0.05) is 56.4 Å². The fourth-order valence-corrected chi connectivity index (χ4v) is 10.9. The number of carbonyl (C=O) groups is 2. The minimum absolute atomic E-state index is 0.0948. The summed E-state index contributed by atoms with van der Waals surface area (Å²) < 4.78 is 16.5. The molecule has 0 saturated carbocycles. The molecule has 5 rings (SSSR count). The molecule has 1 N–H and O–H groups in total. The van der Waals surface area contributed by atoms with Crippen molar-refractivity contribution in [1.82, 2.24) is 5.32 Å². The second kappa shape index (κ2) is 17.1. The van der Waals surface area contributed by atoms with E-state index >= 15 is 0 Å². The summed E-state index contributed by atoms with van der Waals surface area (Å²) in [6.07, 6.45) is 11.7. The Hall–Kier alpha value is -4.41. The third-order valence-electron chi connectivity index (χ3n) is 9.23. The van der Waals surface area contributed by atoms with Crippen molar-refractivity contribution in [3.8, 4) is 17.2 Å². The molecule has 0 saturated heterocycles. The molecule has 0 bridgehead atoms. The Bertz CT molecular complexity index is 1560. The van der Waals surface area contributed by atoms with E-state index in [0.29, 0.717) is 23.4 Å². The number of Topliss-reactive ketones (excluding diaryl/α,β-unsaturated/α-hetero) is 1. The molecule has 0 atom stereocenters. The zero-order chi connectivity index (χ0) is 33.8. The highest BCUT2D eigenvalue weighted by Gasteiger charge is 2.45. The Balaban J connectivity index is 1.14. The fraction of sp³-hybridized carbons (Fsp3) is 0.317.